The van der Waals surface area contributed by atoms with E-state index in [1.165, 1.54) is 0 Å². The zero-order valence-corrected chi connectivity index (χ0v) is 13.3. The van der Waals surface area contributed by atoms with E-state index in [1.807, 2.05) is 18.2 Å². The van der Waals surface area contributed by atoms with Crippen molar-refractivity contribution < 1.29 is 0 Å². The molecule has 1 N–H and O–H groups in total. The van der Waals surface area contributed by atoms with Crippen LogP contribution in [0.2, 0.25) is 5.02 Å². The lowest BCUT2D eigenvalue weighted by molar-refractivity contribution is 0.194. The molecule has 2 aromatic rings. The number of benzene rings is 1. The minimum atomic E-state index is 0. The second-order valence-electron chi connectivity index (χ2n) is 5.31. The first-order chi connectivity index (χ1) is 9.13. The maximum absolute atomic E-state index is 6.02. The van der Waals surface area contributed by atoms with Gasteiger partial charge < -0.3 is 9.88 Å². The molecule has 1 unspecified atom stereocenters. The molecule has 0 radical (unpaired) electrons. The van der Waals surface area contributed by atoms with Gasteiger partial charge in [0.05, 0.1) is 17.6 Å². The molecule has 0 amide bonds. The third-order valence-corrected chi connectivity index (χ3v) is 3.99. The second-order valence-corrected chi connectivity index (χ2v) is 5.75. The summed E-state index contributed by atoms with van der Waals surface area (Å²) in [5.74, 6) is 1.10. The van der Waals surface area contributed by atoms with E-state index in [9.17, 15) is 0 Å². The molecule has 1 aromatic carbocycles. The van der Waals surface area contributed by atoms with Gasteiger partial charge in [0.2, 0.25) is 0 Å². The van der Waals surface area contributed by atoms with Crippen molar-refractivity contribution in [3.63, 3.8) is 0 Å². The van der Waals surface area contributed by atoms with Crippen LogP contribution in [0.1, 0.15) is 12.7 Å². The number of imidazole rings is 1. The molecule has 3 rings (SSSR count). The molecule has 0 aliphatic carbocycles. The summed E-state index contributed by atoms with van der Waals surface area (Å²) in [5, 5.41) is 4.20. The Labute approximate surface area is 130 Å². The zero-order chi connectivity index (χ0) is 13.4. The number of fused-ring (bicyclic) bond motifs is 1. The van der Waals surface area contributed by atoms with Crippen LogP contribution in [0.4, 0.5) is 0 Å². The minimum Gasteiger partial charge on any atom is -0.330 e. The van der Waals surface area contributed by atoms with Crippen LogP contribution in [0.5, 0.6) is 0 Å². The summed E-state index contributed by atoms with van der Waals surface area (Å²) in [7, 11) is 2.07. The normalized spacial score (nSPS) is 20.1. The molecule has 0 saturated carbocycles. The van der Waals surface area contributed by atoms with Gasteiger partial charge in [-0.1, -0.05) is 11.6 Å². The number of aromatic nitrogens is 2. The Morgan fingerprint density at radius 1 is 1.45 bits per heavy atom. The van der Waals surface area contributed by atoms with Crippen LogP contribution in [0.3, 0.4) is 0 Å². The largest absolute Gasteiger partial charge is 0.330 e. The Balaban J connectivity index is 0.00000147. The van der Waals surface area contributed by atoms with E-state index in [0.29, 0.717) is 6.04 Å². The van der Waals surface area contributed by atoms with Crippen molar-refractivity contribution in [2.75, 3.05) is 19.6 Å². The molecular weight excluding hydrogens is 295 g/mol. The predicted octanol–water partition coefficient (Wildman–Crippen LogP) is 2.44. The van der Waals surface area contributed by atoms with E-state index < -0.39 is 0 Å². The van der Waals surface area contributed by atoms with Gasteiger partial charge in [0.15, 0.2) is 0 Å². The number of halogens is 2. The molecule has 0 spiro atoms. The lowest BCUT2D eigenvalue weighted by Gasteiger charge is -2.31. The molecule has 1 aliphatic rings. The van der Waals surface area contributed by atoms with Gasteiger partial charge in [-0.05, 0) is 25.1 Å². The van der Waals surface area contributed by atoms with Crippen molar-refractivity contribution in [1.82, 2.24) is 19.8 Å². The maximum Gasteiger partial charge on any atom is 0.123 e. The number of nitrogens with one attached hydrogen (secondary N) is 1. The van der Waals surface area contributed by atoms with Crippen LogP contribution in [0.15, 0.2) is 18.2 Å². The Hall–Kier alpha value is -0.810. The predicted molar refractivity (Wildman–Crippen MR) is 85.7 cm³/mol. The molecule has 6 heteroatoms. The summed E-state index contributed by atoms with van der Waals surface area (Å²) in [4.78, 5) is 7.16. The van der Waals surface area contributed by atoms with Gasteiger partial charge in [-0.3, -0.25) is 4.90 Å². The van der Waals surface area contributed by atoms with Crippen molar-refractivity contribution in [2.45, 2.75) is 19.5 Å². The van der Waals surface area contributed by atoms with Crippen molar-refractivity contribution in [2.24, 2.45) is 7.05 Å². The zero-order valence-electron chi connectivity index (χ0n) is 11.8. The average Bonchev–Trinajstić information content (AvgIpc) is 2.66. The first-order valence-electron chi connectivity index (χ1n) is 6.70. The summed E-state index contributed by atoms with van der Waals surface area (Å²) in [6.07, 6.45) is 0. The Bertz CT molecular complexity index is 596. The number of nitrogens with zero attached hydrogens (tertiary/aromatic N) is 3. The molecule has 1 atom stereocenters. The van der Waals surface area contributed by atoms with Gasteiger partial charge in [0, 0.05) is 37.7 Å². The lowest BCUT2D eigenvalue weighted by atomic mass is 10.2. The number of piperazine rings is 1. The molecule has 2 heterocycles. The van der Waals surface area contributed by atoms with E-state index >= 15 is 0 Å². The molecule has 20 heavy (non-hydrogen) atoms. The third-order valence-electron chi connectivity index (χ3n) is 3.75. The molecular formula is C14H20Cl2N4. The quantitative estimate of drug-likeness (QED) is 0.924. The monoisotopic (exact) mass is 314 g/mol. The van der Waals surface area contributed by atoms with Gasteiger partial charge in [-0.15, -0.1) is 12.4 Å². The second kappa shape index (κ2) is 6.31. The van der Waals surface area contributed by atoms with Crippen molar-refractivity contribution in [3.8, 4) is 0 Å². The molecule has 1 saturated heterocycles. The SMILES string of the molecule is CC1CN(Cc2nc3cc(Cl)ccc3n2C)CCN1.Cl. The van der Waals surface area contributed by atoms with Gasteiger partial charge in [-0.2, -0.15) is 0 Å². The van der Waals surface area contributed by atoms with E-state index in [1.54, 1.807) is 0 Å². The van der Waals surface area contributed by atoms with E-state index in [2.05, 4.69) is 28.8 Å². The molecule has 0 bridgehead atoms. The van der Waals surface area contributed by atoms with Crippen molar-refractivity contribution >= 4 is 35.0 Å². The van der Waals surface area contributed by atoms with Gasteiger partial charge >= 0.3 is 0 Å². The maximum atomic E-state index is 6.02. The highest BCUT2D eigenvalue weighted by Gasteiger charge is 2.18. The van der Waals surface area contributed by atoms with Crippen molar-refractivity contribution in [1.29, 1.82) is 0 Å². The first kappa shape index (κ1) is 15.6. The summed E-state index contributed by atoms with van der Waals surface area (Å²) in [6, 6.07) is 6.44. The number of hydrogen-bond acceptors (Lipinski definition) is 3. The van der Waals surface area contributed by atoms with Crippen LogP contribution in [-0.4, -0.2) is 40.1 Å². The third kappa shape index (κ3) is 3.09. The fourth-order valence-electron chi connectivity index (χ4n) is 2.72. The smallest absolute Gasteiger partial charge is 0.123 e. The summed E-state index contributed by atoms with van der Waals surface area (Å²) < 4.78 is 2.17. The molecule has 1 aromatic heterocycles. The van der Waals surface area contributed by atoms with Crippen LogP contribution in [0, 0.1) is 0 Å². The summed E-state index contributed by atoms with van der Waals surface area (Å²) >= 11 is 6.02. The first-order valence-corrected chi connectivity index (χ1v) is 7.08. The number of rotatable bonds is 2. The molecule has 1 aliphatic heterocycles. The number of aryl methyl sites for hydroxylation is 1. The fourth-order valence-corrected chi connectivity index (χ4v) is 2.89. The molecule has 4 nitrogen and oxygen atoms in total. The standard InChI is InChI=1S/C14H19ClN4.ClH/c1-10-8-19(6-5-16-10)9-14-17-12-7-11(15)3-4-13(12)18(14)2;/h3-4,7,10,16H,5-6,8-9H2,1-2H3;1H. The van der Waals surface area contributed by atoms with Crippen molar-refractivity contribution in [3.05, 3.63) is 29.0 Å². The molecule has 110 valence electrons. The highest BCUT2D eigenvalue weighted by Crippen LogP contribution is 2.20. The van der Waals surface area contributed by atoms with Gasteiger partial charge in [-0.25, -0.2) is 4.98 Å². The minimum absolute atomic E-state index is 0. The average molecular weight is 315 g/mol. The topological polar surface area (TPSA) is 33.1 Å². The van der Waals surface area contributed by atoms with E-state index in [-0.39, 0.29) is 12.4 Å². The van der Waals surface area contributed by atoms with E-state index in [0.717, 1.165) is 48.1 Å². The van der Waals surface area contributed by atoms with Gasteiger partial charge in [0.25, 0.3) is 0 Å². The Kier molecular flexibility index (Phi) is 4.91. The van der Waals surface area contributed by atoms with Gasteiger partial charge in [0.1, 0.15) is 5.82 Å². The summed E-state index contributed by atoms with van der Waals surface area (Å²) in [6.45, 7) is 6.32. The fraction of sp³-hybridized carbons (Fsp3) is 0.500. The van der Waals surface area contributed by atoms with E-state index in [4.69, 9.17) is 16.6 Å². The summed E-state index contributed by atoms with van der Waals surface area (Å²) in [5.41, 5.74) is 2.12. The van der Waals surface area contributed by atoms with Crippen LogP contribution in [-0.2, 0) is 13.6 Å². The van der Waals surface area contributed by atoms with Crippen LogP contribution in [0.25, 0.3) is 11.0 Å². The number of hydrogen-bond donors (Lipinski definition) is 1. The highest BCUT2D eigenvalue weighted by molar-refractivity contribution is 6.31. The Morgan fingerprint density at radius 3 is 3.00 bits per heavy atom. The highest BCUT2D eigenvalue weighted by atomic mass is 35.5. The molecule has 1 fully saturated rings. The Morgan fingerprint density at radius 2 is 2.25 bits per heavy atom. The van der Waals surface area contributed by atoms with Crippen LogP contribution >= 0.6 is 24.0 Å². The lowest BCUT2D eigenvalue weighted by Crippen LogP contribution is -2.48. The van der Waals surface area contributed by atoms with Crippen LogP contribution < -0.4 is 5.32 Å².